The lowest BCUT2D eigenvalue weighted by Crippen LogP contribution is -2.07. The van der Waals surface area contributed by atoms with Crippen molar-refractivity contribution in [3.05, 3.63) is 22.7 Å². The van der Waals surface area contributed by atoms with Gasteiger partial charge in [-0.2, -0.15) is 0 Å². The molecule has 4 heteroatoms. The number of rotatable bonds is 2. The Labute approximate surface area is 88.0 Å². The monoisotopic (exact) mass is 213 g/mol. The molecule has 0 unspecified atom stereocenters. The molecule has 0 spiro atoms. The first-order valence-electron chi connectivity index (χ1n) is 4.16. The molecule has 1 N–H and O–H groups in total. The van der Waals surface area contributed by atoms with Crippen molar-refractivity contribution < 1.29 is 9.53 Å². The van der Waals surface area contributed by atoms with E-state index in [-0.39, 0.29) is 5.91 Å². The molecule has 14 heavy (non-hydrogen) atoms. The van der Waals surface area contributed by atoms with Crippen LogP contribution < -0.4 is 10.1 Å². The average molecular weight is 214 g/mol. The van der Waals surface area contributed by atoms with Gasteiger partial charge in [0.05, 0.1) is 12.8 Å². The van der Waals surface area contributed by atoms with E-state index in [1.165, 1.54) is 14.0 Å². The minimum absolute atomic E-state index is 0.134. The quantitative estimate of drug-likeness (QED) is 0.820. The van der Waals surface area contributed by atoms with Gasteiger partial charge in [0.2, 0.25) is 5.91 Å². The number of methoxy groups -OCH3 is 1. The molecular weight excluding hydrogens is 202 g/mol. The summed E-state index contributed by atoms with van der Waals surface area (Å²) in [6.45, 7) is 3.32. The fourth-order valence-corrected chi connectivity index (χ4v) is 1.27. The zero-order chi connectivity index (χ0) is 10.7. The minimum Gasteiger partial charge on any atom is -0.495 e. The van der Waals surface area contributed by atoms with Crippen LogP contribution in [0.15, 0.2) is 12.1 Å². The summed E-state index contributed by atoms with van der Waals surface area (Å²) < 4.78 is 5.08. The lowest BCUT2D eigenvalue weighted by atomic mass is 10.2. The number of ether oxygens (including phenoxy) is 1. The third-order valence-electron chi connectivity index (χ3n) is 1.79. The molecule has 0 radical (unpaired) electrons. The van der Waals surface area contributed by atoms with Crippen molar-refractivity contribution in [2.24, 2.45) is 0 Å². The van der Waals surface area contributed by atoms with E-state index in [9.17, 15) is 4.79 Å². The predicted octanol–water partition coefficient (Wildman–Crippen LogP) is 2.62. The summed E-state index contributed by atoms with van der Waals surface area (Å²) in [5.41, 5.74) is 1.54. The largest absolute Gasteiger partial charge is 0.495 e. The van der Waals surface area contributed by atoms with Gasteiger partial charge in [0.1, 0.15) is 5.75 Å². The van der Waals surface area contributed by atoms with Gasteiger partial charge in [-0.15, -0.1) is 0 Å². The van der Waals surface area contributed by atoms with E-state index in [4.69, 9.17) is 16.3 Å². The number of benzene rings is 1. The van der Waals surface area contributed by atoms with Gasteiger partial charge in [-0.3, -0.25) is 4.79 Å². The fourth-order valence-electron chi connectivity index (χ4n) is 1.12. The molecule has 0 fully saturated rings. The molecule has 0 saturated heterocycles. The third-order valence-corrected chi connectivity index (χ3v) is 2.20. The van der Waals surface area contributed by atoms with Crippen molar-refractivity contribution in [2.45, 2.75) is 13.8 Å². The minimum atomic E-state index is -0.134. The lowest BCUT2D eigenvalue weighted by molar-refractivity contribution is -0.114. The highest BCUT2D eigenvalue weighted by atomic mass is 35.5. The lowest BCUT2D eigenvalue weighted by Gasteiger charge is -2.10. The summed E-state index contributed by atoms with van der Waals surface area (Å²) in [5.74, 6) is 0.431. The molecule has 0 atom stereocenters. The summed E-state index contributed by atoms with van der Waals surface area (Å²) in [4.78, 5) is 10.9. The summed E-state index contributed by atoms with van der Waals surface area (Å²) in [5, 5.41) is 3.29. The topological polar surface area (TPSA) is 38.3 Å². The van der Waals surface area contributed by atoms with E-state index in [0.29, 0.717) is 16.5 Å². The summed E-state index contributed by atoms with van der Waals surface area (Å²) in [7, 11) is 1.53. The standard InChI is InChI=1S/C10H12ClNO2/c1-6-4-9(12-7(2)13)10(14-3)5-8(6)11/h4-5H,1-3H3,(H,12,13). The summed E-state index contributed by atoms with van der Waals surface area (Å²) in [6, 6.07) is 3.46. The number of carbonyl (C=O) groups excluding carboxylic acids is 1. The molecule has 0 aliphatic carbocycles. The second-order valence-electron chi connectivity index (χ2n) is 2.98. The Morgan fingerprint density at radius 1 is 1.50 bits per heavy atom. The molecule has 76 valence electrons. The van der Waals surface area contributed by atoms with Gasteiger partial charge < -0.3 is 10.1 Å². The van der Waals surface area contributed by atoms with Crippen molar-refractivity contribution in [1.29, 1.82) is 0 Å². The number of hydrogen-bond donors (Lipinski definition) is 1. The number of anilines is 1. The Morgan fingerprint density at radius 3 is 2.64 bits per heavy atom. The van der Waals surface area contributed by atoms with Crippen LogP contribution >= 0.6 is 11.6 Å². The maximum absolute atomic E-state index is 10.9. The van der Waals surface area contributed by atoms with E-state index >= 15 is 0 Å². The van der Waals surface area contributed by atoms with Gasteiger partial charge in [0.15, 0.2) is 0 Å². The van der Waals surface area contributed by atoms with Crippen LogP contribution in [0.2, 0.25) is 5.02 Å². The number of aryl methyl sites for hydroxylation is 1. The van der Waals surface area contributed by atoms with E-state index in [2.05, 4.69) is 5.32 Å². The first-order valence-corrected chi connectivity index (χ1v) is 4.54. The smallest absolute Gasteiger partial charge is 0.221 e. The Bertz CT molecular complexity index is 363. The SMILES string of the molecule is COc1cc(Cl)c(C)cc1NC(C)=O. The summed E-state index contributed by atoms with van der Waals surface area (Å²) >= 11 is 5.91. The van der Waals surface area contributed by atoms with Gasteiger partial charge in [-0.25, -0.2) is 0 Å². The molecule has 0 aliphatic heterocycles. The molecule has 1 aromatic carbocycles. The molecule has 0 saturated carbocycles. The molecular formula is C10H12ClNO2. The highest BCUT2D eigenvalue weighted by Crippen LogP contribution is 2.30. The fraction of sp³-hybridized carbons (Fsp3) is 0.300. The van der Waals surface area contributed by atoms with Gasteiger partial charge in [-0.05, 0) is 18.6 Å². The normalized spacial score (nSPS) is 9.71. The number of carbonyl (C=O) groups is 1. The van der Waals surface area contributed by atoms with Crippen LogP contribution in [-0.4, -0.2) is 13.0 Å². The van der Waals surface area contributed by atoms with Gasteiger partial charge in [-0.1, -0.05) is 11.6 Å². The molecule has 0 aromatic heterocycles. The van der Waals surface area contributed by atoms with E-state index in [0.717, 1.165) is 5.56 Å². The first-order chi connectivity index (χ1) is 6.54. The molecule has 3 nitrogen and oxygen atoms in total. The molecule has 0 aliphatic rings. The van der Waals surface area contributed by atoms with Crippen molar-refractivity contribution >= 4 is 23.2 Å². The third kappa shape index (κ3) is 2.39. The van der Waals surface area contributed by atoms with Crippen LogP contribution in [0.3, 0.4) is 0 Å². The number of hydrogen-bond acceptors (Lipinski definition) is 2. The van der Waals surface area contributed by atoms with Crippen LogP contribution in [0.1, 0.15) is 12.5 Å². The molecule has 0 bridgehead atoms. The highest BCUT2D eigenvalue weighted by Gasteiger charge is 2.07. The van der Waals surface area contributed by atoms with Crippen LogP contribution in [0.25, 0.3) is 0 Å². The predicted molar refractivity (Wildman–Crippen MR) is 57.0 cm³/mol. The average Bonchev–Trinajstić information content (AvgIpc) is 2.10. The van der Waals surface area contributed by atoms with Crippen molar-refractivity contribution in [3.63, 3.8) is 0 Å². The van der Waals surface area contributed by atoms with Crippen molar-refractivity contribution in [3.8, 4) is 5.75 Å². The Morgan fingerprint density at radius 2 is 2.14 bits per heavy atom. The Kier molecular flexibility index (Phi) is 3.36. The van der Waals surface area contributed by atoms with Crippen molar-refractivity contribution in [2.75, 3.05) is 12.4 Å². The molecule has 0 heterocycles. The summed E-state index contributed by atoms with van der Waals surface area (Å²) in [6.07, 6.45) is 0. The second kappa shape index (κ2) is 4.33. The second-order valence-corrected chi connectivity index (χ2v) is 3.39. The van der Waals surface area contributed by atoms with E-state index in [1.54, 1.807) is 12.1 Å². The van der Waals surface area contributed by atoms with Crippen LogP contribution in [0.5, 0.6) is 5.75 Å². The molecule has 1 aromatic rings. The Balaban J connectivity index is 3.13. The number of amides is 1. The highest BCUT2D eigenvalue weighted by molar-refractivity contribution is 6.31. The van der Waals surface area contributed by atoms with Gasteiger partial charge in [0.25, 0.3) is 0 Å². The number of nitrogens with one attached hydrogen (secondary N) is 1. The van der Waals surface area contributed by atoms with Gasteiger partial charge in [0, 0.05) is 18.0 Å². The first kappa shape index (κ1) is 10.9. The van der Waals surface area contributed by atoms with Crippen LogP contribution in [-0.2, 0) is 4.79 Å². The molecule has 1 amide bonds. The van der Waals surface area contributed by atoms with Gasteiger partial charge >= 0.3 is 0 Å². The molecule has 1 rings (SSSR count). The number of halogens is 1. The van der Waals surface area contributed by atoms with Crippen LogP contribution in [0, 0.1) is 6.92 Å². The zero-order valence-electron chi connectivity index (χ0n) is 8.35. The zero-order valence-corrected chi connectivity index (χ0v) is 9.11. The Hall–Kier alpha value is -1.22. The van der Waals surface area contributed by atoms with E-state index in [1.807, 2.05) is 6.92 Å². The maximum atomic E-state index is 10.9. The van der Waals surface area contributed by atoms with Crippen LogP contribution in [0.4, 0.5) is 5.69 Å². The maximum Gasteiger partial charge on any atom is 0.221 e. The van der Waals surface area contributed by atoms with E-state index < -0.39 is 0 Å². The van der Waals surface area contributed by atoms with Crippen molar-refractivity contribution in [1.82, 2.24) is 0 Å².